The molecule has 2 rings (SSSR count). The molecule has 0 aliphatic heterocycles. The average Bonchev–Trinajstić information content (AvgIpc) is 2.61. The molecule has 108 valence electrons. The van der Waals surface area contributed by atoms with Gasteiger partial charge in [0.25, 0.3) is 0 Å². The van der Waals surface area contributed by atoms with E-state index in [-0.39, 0.29) is 0 Å². The maximum absolute atomic E-state index is 5.62. The van der Waals surface area contributed by atoms with E-state index < -0.39 is 0 Å². The van der Waals surface area contributed by atoms with Gasteiger partial charge in [-0.05, 0) is 26.7 Å². The fourth-order valence-electron chi connectivity index (χ4n) is 2.59. The van der Waals surface area contributed by atoms with Gasteiger partial charge < -0.3 is 5.43 Å². The van der Waals surface area contributed by atoms with Crippen LogP contribution in [-0.2, 0) is 7.05 Å². The van der Waals surface area contributed by atoms with E-state index in [4.69, 9.17) is 5.84 Å². The van der Waals surface area contributed by atoms with Crippen LogP contribution in [0.5, 0.6) is 0 Å². The molecule has 0 atom stereocenters. The van der Waals surface area contributed by atoms with Gasteiger partial charge in [0.05, 0.1) is 11.3 Å². The highest BCUT2D eigenvalue weighted by atomic mass is 15.3. The van der Waals surface area contributed by atoms with Gasteiger partial charge in [0.15, 0.2) is 5.82 Å². The number of nitrogen functional groups attached to an aromatic ring is 1. The van der Waals surface area contributed by atoms with Gasteiger partial charge in [-0.1, -0.05) is 13.8 Å². The Kier molecular flexibility index (Phi) is 3.76. The molecule has 6 nitrogen and oxygen atoms in total. The van der Waals surface area contributed by atoms with Crippen LogP contribution < -0.4 is 11.3 Å². The largest absolute Gasteiger partial charge is 0.308 e. The van der Waals surface area contributed by atoms with Crippen molar-refractivity contribution >= 4 is 5.82 Å². The van der Waals surface area contributed by atoms with Gasteiger partial charge in [-0.2, -0.15) is 5.10 Å². The Balaban J connectivity index is 2.68. The SMILES string of the molecule is Cc1nn(C)c(C)c1-c1nc(C)c(C(C)C)c(NN)n1. The van der Waals surface area contributed by atoms with Gasteiger partial charge in [-0.15, -0.1) is 0 Å². The smallest absolute Gasteiger partial charge is 0.165 e. The number of anilines is 1. The van der Waals surface area contributed by atoms with E-state index in [1.165, 1.54) is 0 Å². The first-order valence-corrected chi connectivity index (χ1v) is 6.72. The molecule has 0 spiro atoms. The zero-order valence-electron chi connectivity index (χ0n) is 12.9. The summed E-state index contributed by atoms with van der Waals surface area (Å²) < 4.78 is 1.84. The maximum Gasteiger partial charge on any atom is 0.165 e. The second-order valence-corrected chi connectivity index (χ2v) is 5.36. The summed E-state index contributed by atoms with van der Waals surface area (Å²) in [6, 6.07) is 0. The van der Waals surface area contributed by atoms with Crippen molar-refractivity contribution in [3.8, 4) is 11.4 Å². The predicted octanol–water partition coefficient (Wildman–Crippen LogP) is 2.21. The number of hydrazine groups is 1. The van der Waals surface area contributed by atoms with Gasteiger partial charge in [0.1, 0.15) is 5.82 Å². The third kappa shape index (κ3) is 2.27. The number of nitrogens with two attached hydrogens (primary N) is 1. The first-order chi connectivity index (χ1) is 9.36. The third-order valence-electron chi connectivity index (χ3n) is 3.58. The summed E-state index contributed by atoms with van der Waals surface area (Å²) in [5, 5.41) is 4.41. The highest BCUT2D eigenvalue weighted by Crippen LogP contribution is 2.30. The highest BCUT2D eigenvalue weighted by Gasteiger charge is 2.19. The monoisotopic (exact) mass is 274 g/mol. The minimum atomic E-state index is 0.311. The van der Waals surface area contributed by atoms with Gasteiger partial charge >= 0.3 is 0 Å². The summed E-state index contributed by atoms with van der Waals surface area (Å²) in [4.78, 5) is 9.23. The fourth-order valence-corrected chi connectivity index (χ4v) is 2.59. The van der Waals surface area contributed by atoms with Crippen molar-refractivity contribution in [3.63, 3.8) is 0 Å². The molecule has 0 saturated carbocycles. The molecule has 0 aromatic carbocycles. The number of rotatable bonds is 3. The number of nitrogens with one attached hydrogen (secondary N) is 1. The quantitative estimate of drug-likeness (QED) is 0.662. The van der Waals surface area contributed by atoms with Crippen LogP contribution in [0, 0.1) is 20.8 Å². The Hall–Kier alpha value is -1.95. The number of nitrogens with zero attached hydrogens (tertiary/aromatic N) is 4. The van der Waals surface area contributed by atoms with E-state index in [9.17, 15) is 0 Å². The minimum Gasteiger partial charge on any atom is -0.308 e. The lowest BCUT2D eigenvalue weighted by atomic mass is 10.0. The Morgan fingerprint density at radius 1 is 1.10 bits per heavy atom. The Labute approximate surface area is 119 Å². The van der Waals surface area contributed by atoms with E-state index in [0.29, 0.717) is 17.6 Å². The molecule has 6 heteroatoms. The molecule has 20 heavy (non-hydrogen) atoms. The zero-order chi connectivity index (χ0) is 15.0. The Morgan fingerprint density at radius 3 is 2.20 bits per heavy atom. The van der Waals surface area contributed by atoms with Crippen LogP contribution in [-0.4, -0.2) is 19.7 Å². The van der Waals surface area contributed by atoms with Gasteiger partial charge in [0, 0.05) is 24.0 Å². The molecule has 0 aliphatic rings. The highest BCUT2D eigenvalue weighted by molar-refractivity contribution is 5.64. The van der Waals surface area contributed by atoms with Crippen molar-refractivity contribution in [1.82, 2.24) is 19.7 Å². The van der Waals surface area contributed by atoms with Crippen LogP contribution in [0.15, 0.2) is 0 Å². The minimum absolute atomic E-state index is 0.311. The molecule has 0 amide bonds. The van der Waals surface area contributed by atoms with E-state index in [1.54, 1.807) is 0 Å². The Morgan fingerprint density at radius 2 is 1.75 bits per heavy atom. The summed E-state index contributed by atoms with van der Waals surface area (Å²) in [5.41, 5.74) is 7.63. The van der Waals surface area contributed by atoms with Crippen molar-refractivity contribution in [2.75, 3.05) is 5.43 Å². The van der Waals surface area contributed by atoms with E-state index >= 15 is 0 Å². The first-order valence-electron chi connectivity index (χ1n) is 6.72. The second-order valence-electron chi connectivity index (χ2n) is 5.36. The molecule has 0 bridgehead atoms. The molecular weight excluding hydrogens is 252 g/mol. The summed E-state index contributed by atoms with van der Waals surface area (Å²) >= 11 is 0. The number of aromatic nitrogens is 4. The summed E-state index contributed by atoms with van der Waals surface area (Å²) in [5.74, 6) is 7.29. The fraction of sp³-hybridized carbons (Fsp3) is 0.500. The normalized spacial score (nSPS) is 11.2. The molecule has 0 saturated heterocycles. The molecule has 3 N–H and O–H groups in total. The lowest BCUT2D eigenvalue weighted by molar-refractivity contribution is 0.731. The molecule has 2 heterocycles. The van der Waals surface area contributed by atoms with Crippen molar-refractivity contribution in [1.29, 1.82) is 0 Å². The van der Waals surface area contributed by atoms with Crippen LogP contribution in [0.25, 0.3) is 11.4 Å². The van der Waals surface area contributed by atoms with Crippen LogP contribution in [0.2, 0.25) is 0 Å². The summed E-state index contributed by atoms with van der Waals surface area (Å²) in [7, 11) is 1.92. The van der Waals surface area contributed by atoms with Crippen LogP contribution in [0.3, 0.4) is 0 Å². The van der Waals surface area contributed by atoms with E-state index in [1.807, 2.05) is 32.5 Å². The lowest BCUT2D eigenvalue weighted by Gasteiger charge is -2.15. The van der Waals surface area contributed by atoms with Crippen molar-refractivity contribution in [2.24, 2.45) is 12.9 Å². The van der Waals surface area contributed by atoms with Crippen molar-refractivity contribution < 1.29 is 0 Å². The number of hydrogen-bond acceptors (Lipinski definition) is 5. The van der Waals surface area contributed by atoms with E-state index in [0.717, 1.165) is 28.2 Å². The first kappa shape index (κ1) is 14.5. The molecule has 0 fully saturated rings. The Bertz CT molecular complexity index is 642. The second kappa shape index (κ2) is 5.20. The van der Waals surface area contributed by atoms with Crippen LogP contribution in [0.1, 0.15) is 42.4 Å². The molecule has 0 aliphatic carbocycles. The summed E-state index contributed by atoms with van der Waals surface area (Å²) in [6.45, 7) is 10.2. The average molecular weight is 274 g/mol. The molecular formula is C14H22N6. The van der Waals surface area contributed by atoms with Gasteiger partial charge in [-0.25, -0.2) is 15.8 Å². The van der Waals surface area contributed by atoms with Crippen molar-refractivity contribution in [2.45, 2.75) is 40.5 Å². The molecule has 0 unspecified atom stereocenters. The van der Waals surface area contributed by atoms with Crippen LogP contribution >= 0.6 is 0 Å². The van der Waals surface area contributed by atoms with Gasteiger partial charge in [-0.3, -0.25) is 4.68 Å². The van der Waals surface area contributed by atoms with Crippen molar-refractivity contribution in [3.05, 3.63) is 22.6 Å². The van der Waals surface area contributed by atoms with Crippen LogP contribution in [0.4, 0.5) is 5.82 Å². The standard InChI is InChI=1S/C14H22N6/c1-7(2)11-8(3)16-13(17-14(11)18-15)12-9(4)19-20(6)10(12)5/h7H,15H2,1-6H3,(H,16,17,18). The molecule has 2 aromatic heterocycles. The number of aryl methyl sites for hydroxylation is 3. The topological polar surface area (TPSA) is 81.7 Å². The predicted molar refractivity (Wildman–Crippen MR) is 80.3 cm³/mol. The summed E-state index contributed by atoms with van der Waals surface area (Å²) in [6.07, 6.45) is 0. The van der Waals surface area contributed by atoms with E-state index in [2.05, 4.69) is 34.3 Å². The zero-order valence-corrected chi connectivity index (χ0v) is 12.9. The van der Waals surface area contributed by atoms with Gasteiger partial charge in [0.2, 0.25) is 0 Å². The third-order valence-corrected chi connectivity index (χ3v) is 3.58. The lowest BCUT2D eigenvalue weighted by Crippen LogP contribution is -2.15. The number of hydrogen-bond donors (Lipinski definition) is 2. The molecule has 2 aromatic rings. The maximum atomic E-state index is 5.62. The molecule has 0 radical (unpaired) electrons.